The third kappa shape index (κ3) is 6.17. The van der Waals surface area contributed by atoms with Gasteiger partial charge in [0.05, 0.1) is 27.8 Å². The first-order valence-corrected chi connectivity index (χ1v) is 26.2. The van der Waals surface area contributed by atoms with Crippen molar-refractivity contribution in [2.45, 2.75) is 5.41 Å². The van der Waals surface area contributed by atoms with Crippen molar-refractivity contribution in [3.63, 3.8) is 0 Å². The quantitative estimate of drug-likeness (QED) is 0.159. The number of benzene rings is 12. The zero-order chi connectivity index (χ0) is 49.9. The monoisotopic (exact) mass is 966 g/mol. The minimum atomic E-state index is -0.521. The topological polar surface area (TPSA) is 21.3 Å². The molecule has 3 heterocycles. The standard InChI is InChI=1S/C73H46N2O/c1-2-15-47(16-3-1)48-29-31-51(32-30-48)56-17-5-10-25-67(56)74(54-39-33-49(34-40-54)52-38-44-71-62(45-52)60-20-7-13-28-70(60)76-71)55-41-35-50(36-42-55)53-37-43-58-57-18-4-8-22-63(57)73(66(58)46-53)64-23-9-12-27-69(64)75-68-26-11-6-19-59(68)61-21-14-24-65(73)72(61)75/h1-46H. The highest BCUT2D eigenvalue weighted by Gasteiger charge is 2.50. The van der Waals surface area contributed by atoms with Gasteiger partial charge >= 0.3 is 0 Å². The molecule has 0 bridgehead atoms. The minimum absolute atomic E-state index is 0.521. The van der Waals surface area contributed by atoms with E-state index in [1.165, 1.54) is 77.6 Å². The molecule has 12 aromatic carbocycles. The normalized spacial score (nSPS) is 14.1. The van der Waals surface area contributed by atoms with Crippen molar-refractivity contribution in [1.82, 2.24) is 4.57 Å². The molecule has 14 aromatic rings. The van der Waals surface area contributed by atoms with Crippen molar-refractivity contribution in [3.8, 4) is 61.3 Å². The van der Waals surface area contributed by atoms with Gasteiger partial charge in [0.25, 0.3) is 0 Å². The van der Waals surface area contributed by atoms with E-state index in [2.05, 4.69) is 276 Å². The Morgan fingerprint density at radius 3 is 1.63 bits per heavy atom. The summed E-state index contributed by atoms with van der Waals surface area (Å²) in [5, 5.41) is 4.82. The molecule has 1 unspecified atom stereocenters. The third-order valence-electron chi connectivity index (χ3n) is 16.4. The van der Waals surface area contributed by atoms with Crippen LogP contribution in [0, 0.1) is 0 Å². The van der Waals surface area contributed by atoms with E-state index in [0.717, 1.165) is 66.8 Å². The first-order chi connectivity index (χ1) is 37.7. The Labute approximate surface area is 440 Å². The van der Waals surface area contributed by atoms with Crippen LogP contribution in [0.1, 0.15) is 22.3 Å². The van der Waals surface area contributed by atoms with Crippen LogP contribution in [0.4, 0.5) is 17.1 Å². The number of furan rings is 1. The van der Waals surface area contributed by atoms with Gasteiger partial charge in [0.2, 0.25) is 0 Å². The van der Waals surface area contributed by atoms with Gasteiger partial charge in [0.15, 0.2) is 0 Å². The maximum Gasteiger partial charge on any atom is 0.135 e. The molecule has 0 fully saturated rings. The van der Waals surface area contributed by atoms with Gasteiger partial charge in [0, 0.05) is 38.5 Å². The van der Waals surface area contributed by atoms with Gasteiger partial charge in [-0.05, 0) is 139 Å². The molecule has 0 amide bonds. The van der Waals surface area contributed by atoms with Gasteiger partial charge in [-0.15, -0.1) is 0 Å². The van der Waals surface area contributed by atoms with E-state index in [0.29, 0.717) is 0 Å². The molecule has 2 aromatic heterocycles. The van der Waals surface area contributed by atoms with Crippen molar-refractivity contribution in [3.05, 3.63) is 301 Å². The summed E-state index contributed by atoms with van der Waals surface area (Å²) in [6, 6.07) is 103. The molecule has 16 rings (SSSR count). The van der Waals surface area contributed by atoms with E-state index in [9.17, 15) is 0 Å². The second-order valence-electron chi connectivity index (χ2n) is 20.3. The molecule has 3 nitrogen and oxygen atoms in total. The molecule has 354 valence electrons. The number of hydrogen-bond acceptors (Lipinski definition) is 2. The fraction of sp³-hybridized carbons (Fsp3) is 0.0137. The number of fused-ring (bicyclic) bond motifs is 15. The van der Waals surface area contributed by atoms with E-state index in [4.69, 9.17) is 4.42 Å². The molecule has 0 N–H and O–H groups in total. The van der Waals surface area contributed by atoms with Crippen LogP contribution in [0.25, 0.3) is 105 Å². The SMILES string of the molecule is c1ccc(-c2ccc(-c3ccccc3N(c3ccc(-c4ccc5c(c4)C4(c6ccccc6-5)c5ccccc5-n5c6ccccc6c6cccc4c65)cc3)c3ccc(-c4ccc5oc6ccccc6c5c4)cc3)cc2)cc1. The summed E-state index contributed by atoms with van der Waals surface area (Å²) < 4.78 is 8.72. The average Bonchev–Trinajstić information content (AvgIpc) is 4.07. The third-order valence-corrected chi connectivity index (χ3v) is 16.4. The Morgan fingerprint density at radius 2 is 0.829 bits per heavy atom. The summed E-state index contributed by atoms with van der Waals surface area (Å²) in [5.41, 5.74) is 25.5. The Bertz CT molecular complexity index is 4620. The Hall–Kier alpha value is -9.96. The van der Waals surface area contributed by atoms with Crippen molar-refractivity contribution < 1.29 is 4.42 Å². The summed E-state index contributed by atoms with van der Waals surface area (Å²) in [7, 11) is 0. The smallest absolute Gasteiger partial charge is 0.135 e. The number of hydrogen-bond donors (Lipinski definition) is 0. The zero-order valence-electron chi connectivity index (χ0n) is 41.4. The Morgan fingerprint density at radius 1 is 0.303 bits per heavy atom. The number of para-hydroxylation sites is 5. The summed E-state index contributed by atoms with van der Waals surface area (Å²) in [5.74, 6) is 0. The Kier molecular flexibility index (Phi) is 9.25. The lowest BCUT2D eigenvalue weighted by molar-refractivity contribution is 0.669. The first-order valence-electron chi connectivity index (χ1n) is 26.2. The predicted molar refractivity (Wildman–Crippen MR) is 315 cm³/mol. The van der Waals surface area contributed by atoms with Crippen molar-refractivity contribution in [2.24, 2.45) is 0 Å². The number of anilines is 3. The highest BCUT2D eigenvalue weighted by atomic mass is 16.3. The molecular weight excluding hydrogens is 921 g/mol. The lowest BCUT2D eigenvalue weighted by Crippen LogP contribution is -2.33. The molecule has 1 atom stereocenters. The first kappa shape index (κ1) is 42.5. The molecule has 1 spiro atoms. The van der Waals surface area contributed by atoms with Gasteiger partial charge in [-0.3, -0.25) is 0 Å². The summed E-state index contributed by atoms with van der Waals surface area (Å²) >= 11 is 0. The zero-order valence-corrected chi connectivity index (χ0v) is 41.4. The fourth-order valence-corrected chi connectivity index (χ4v) is 13.1. The largest absolute Gasteiger partial charge is 0.456 e. The van der Waals surface area contributed by atoms with Crippen LogP contribution in [0.15, 0.2) is 283 Å². The Balaban J connectivity index is 0.832. The van der Waals surface area contributed by atoms with Gasteiger partial charge in [-0.2, -0.15) is 0 Å². The minimum Gasteiger partial charge on any atom is -0.456 e. The van der Waals surface area contributed by atoms with Crippen LogP contribution in [-0.2, 0) is 5.41 Å². The van der Waals surface area contributed by atoms with Gasteiger partial charge in [-0.25, -0.2) is 0 Å². The lowest BCUT2D eigenvalue weighted by Gasteiger charge is -2.39. The summed E-state index contributed by atoms with van der Waals surface area (Å²) in [6.45, 7) is 0. The summed E-state index contributed by atoms with van der Waals surface area (Å²) in [4.78, 5) is 2.41. The number of nitrogens with zero attached hydrogens (tertiary/aromatic N) is 2. The van der Waals surface area contributed by atoms with Crippen molar-refractivity contribution >= 4 is 60.8 Å². The van der Waals surface area contributed by atoms with Crippen LogP contribution < -0.4 is 4.90 Å². The van der Waals surface area contributed by atoms with Crippen LogP contribution in [0.5, 0.6) is 0 Å². The summed E-state index contributed by atoms with van der Waals surface area (Å²) in [6.07, 6.45) is 0. The highest BCUT2D eigenvalue weighted by molar-refractivity contribution is 6.13. The molecule has 0 saturated heterocycles. The second-order valence-corrected chi connectivity index (χ2v) is 20.3. The van der Waals surface area contributed by atoms with Crippen LogP contribution in [0.2, 0.25) is 0 Å². The molecule has 1 aliphatic heterocycles. The maximum absolute atomic E-state index is 6.20. The molecule has 0 radical (unpaired) electrons. The molecule has 3 heteroatoms. The average molecular weight is 967 g/mol. The van der Waals surface area contributed by atoms with E-state index >= 15 is 0 Å². The van der Waals surface area contributed by atoms with E-state index in [-0.39, 0.29) is 0 Å². The highest BCUT2D eigenvalue weighted by Crippen LogP contribution is 2.61. The molecule has 1 aliphatic carbocycles. The number of aromatic nitrogens is 1. The van der Waals surface area contributed by atoms with E-state index in [1.807, 2.05) is 12.1 Å². The van der Waals surface area contributed by atoms with E-state index < -0.39 is 5.41 Å². The van der Waals surface area contributed by atoms with Crippen LogP contribution >= 0.6 is 0 Å². The lowest BCUT2D eigenvalue weighted by atomic mass is 9.65. The maximum atomic E-state index is 6.20. The molecule has 2 aliphatic rings. The number of rotatable bonds is 7. The van der Waals surface area contributed by atoms with Gasteiger partial charge < -0.3 is 13.9 Å². The molecular formula is C73H46N2O. The van der Waals surface area contributed by atoms with Crippen molar-refractivity contribution in [2.75, 3.05) is 4.90 Å². The fourth-order valence-electron chi connectivity index (χ4n) is 13.1. The molecule has 76 heavy (non-hydrogen) atoms. The van der Waals surface area contributed by atoms with E-state index in [1.54, 1.807) is 0 Å². The van der Waals surface area contributed by atoms with Crippen LogP contribution in [0.3, 0.4) is 0 Å². The van der Waals surface area contributed by atoms with Gasteiger partial charge in [-0.1, -0.05) is 212 Å². The van der Waals surface area contributed by atoms with Gasteiger partial charge in [0.1, 0.15) is 11.2 Å². The van der Waals surface area contributed by atoms with Crippen molar-refractivity contribution in [1.29, 1.82) is 0 Å². The van der Waals surface area contributed by atoms with Crippen LogP contribution in [-0.4, -0.2) is 4.57 Å². The predicted octanol–water partition coefficient (Wildman–Crippen LogP) is 19.5. The molecule has 0 saturated carbocycles. The second kappa shape index (κ2) is 16.5.